The first-order valence-electron chi connectivity index (χ1n) is 8.00. The maximum absolute atomic E-state index is 11.3. The minimum atomic E-state index is -0.0993. The van der Waals surface area contributed by atoms with Crippen LogP contribution in [0, 0.1) is 0 Å². The van der Waals surface area contributed by atoms with E-state index in [1.165, 1.54) is 31.0 Å². The molecule has 0 bridgehead atoms. The topological polar surface area (TPSA) is 63.1 Å². The molecule has 0 unspecified atom stereocenters. The van der Waals surface area contributed by atoms with E-state index in [-0.39, 0.29) is 11.2 Å². The molecule has 0 aliphatic carbocycles. The molecule has 6 heteroatoms. The Kier molecular flexibility index (Phi) is 7.13. The molecule has 23 heavy (non-hydrogen) atoms. The standard InChI is InChI=1S/C17H23N3O2S/c1-3-4-5-6-11-22-15-9-7-14(8-10-15)12-18-20-17-19-16(21)13(2)23-17/h7-10,12-13H,3-6,11H2,1-2H3,(H,19,20,21)/t13-/m1/s1. The zero-order valence-electron chi connectivity index (χ0n) is 13.6. The number of nitrogens with zero attached hydrogens (tertiary/aromatic N) is 2. The zero-order chi connectivity index (χ0) is 16.5. The van der Waals surface area contributed by atoms with Crippen LogP contribution in [-0.2, 0) is 4.79 Å². The number of thioether (sulfide) groups is 1. The summed E-state index contributed by atoms with van der Waals surface area (Å²) in [5, 5.41) is 11.1. The Hall–Kier alpha value is -1.82. The summed E-state index contributed by atoms with van der Waals surface area (Å²) >= 11 is 1.38. The van der Waals surface area contributed by atoms with Gasteiger partial charge in [-0.1, -0.05) is 37.9 Å². The van der Waals surface area contributed by atoms with Gasteiger partial charge in [0.25, 0.3) is 0 Å². The number of amidine groups is 1. The number of rotatable bonds is 8. The van der Waals surface area contributed by atoms with Crippen molar-refractivity contribution in [1.82, 2.24) is 5.32 Å². The quantitative estimate of drug-likeness (QED) is 0.449. The number of hydrogen-bond acceptors (Lipinski definition) is 5. The molecule has 1 amide bonds. The van der Waals surface area contributed by atoms with Crippen molar-refractivity contribution in [2.45, 2.75) is 44.8 Å². The molecule has 1 aliphatic rings. The Morgan fingerprint density at radius 1 is 1.26 bits per heavy atom. The van der Waals surface area contributed by atoms with Crippen LogP contribution in [0.15, 0.2) is 34.5 Å². The largest absolute Gasteiger partial charge is 0.494 e. The van der Waals surface area contributed by atoms with Gasteiger partial charge in [0, 0.05) is 0 Å². The van der Waals surface area contributed by atoms with Crippen molar-refractivity contribution in [3.05, 3.63) is 29.8 Å². The van der Waals surface area contributed by atoms with Crippen LogP contribution in [-0.4, -0.2) is 29.1 Å². The average Bonchev–Trinajstić information content (AvgIpc) is 2.87. The molecular formula is C17H23N3O2S. The normalized spacial score (nSPS) is 19.5. The first-order valence-corrected chi connectivity index (χ1v) is 8.88. The molecule has 1 aromatic carbocycles. The smallest absolute Gasteiger partial charge is 0.239 e. The van der Waals surface area contributed by atoms with Crippen molar-refractivity contribution in [1.29, 1.82) is 0 Å². The van der Waals surface area contributed by atoms with Crippen molar-refractivity contribution in [2.75, 3.05) is 6.61 Å². The van der Waals surface area contributed by atoms with Gasteiger partial charge in [0.1, 0.15) is 5.75 Å². The first kappa shape index (κ1) is 17.5. The van der Waals surface area contributed by atoms with Crippen molar-refractivity contribution in [3.8, 4) is 5.75 Å². The molecule has 124 valence electrons. The Balaban J connectivity index is 1.77. The maximum Gasteiger partial charge on any atom is 0.239 e. The fraction of sp³-hybridized carbons (Fsp3) is 0.471. The second-order valence-corrected chi connectivity index (χ2v) is 6.71. The zero-order valence-corrected chi connectivity index (χ0v) is 14.4. The van der Waals surface area contributed by atoms with Gasteiger partial charge in [-0.15, -0.1) is 5.10 Å². The molecule has 0 spiro atoms. The maximum atomic E-state index is 11.3. The summed E-state index contributed by atoms with van der Waals surface area (Å²) in [5.74, 6) is 0.849. The number of benzene rings is 1. The third kappa shape index (κ3) is 6.06. The summed E-state index contributed by atoms with van der Waals surface area (Å²) in [4.78, 5) is 11.3. The molecule has 1 atom stereocenters. The lowest BCUT2D eigenvalue weighted by atomic mass is 10.2. The Morgan fingerprint density at radius 2 is 2.04 bits per heavy atom. The molecule has 1 heterocycles. The molecule has 1 fully saturated rings. The van der Waals surface area contributed by atoms with Gasteiger partial charge in [0.05, 0.1) is 18.1 Å². The van der Waals surface area contributed by atoms with Gasteiger partial charge in [-0.2, -0.15) is 5.10 Å². The van der Waals surface area contributed by atoms with Gasteiger partial charge in [0.15, 0.2) is 5.17 Å². The molecule has 1 N–H and O–H groups in total. The number of amides is 1. The van der Waals surface area contributed by atoms with Gasteiger partial charge >= 0.3 is 0 Å². The monoisotopic (exact) mass is 333 g/mol. The Labute approximate surface area is 141 Å². The van der Waals surface area contributed by atoms with E-state index >= 15 is 0 Å². The molecule has 1 saturated heterocycles. The third-order valence-electron chi connectivity index (χ3n) is 3.39. The molecule has 1 aliphatic heterocycles. The molecule has 0 saturated carbocycles. The molecule has 2 rings (SSSR count). The highest BCUT2D eigenvalue weighted by atomic mass is 32.2. The predicted molar refractivity (Wildman–Crippen MR) is 96.3 cm³/mol. The van der Waals surface area contributed by atoms with Crippen LogP contribution in [0.2, 0.25) is 0 Å². The van der Waals surface area contributed by atoms with E-state index in [2.05, 4.69) is 22.4 Å². The van der Waals surface area contributed by atoms with Crippen LogP contribution in [0.4, 0.5) is 0 Å². The minimum Gasteiger partial charge on any atom is -0.494 e. The highest BCUT2D eigenvalue weighted by Crippen LogP contribution is 2.18. The lowest BCUT2D eigenvalue weighted by Gasteiger charge is -2.05. The number of hydrogen-bond donors (Lipinski definition) is 1. The molecule has 0 aromatic heterocycles. The van der Waals surface area contributed by atoms with Crippen LogP contribution in [0.5, 0.6) is 5.75 Å². The second-order valence-electron chi connectivity index (χ2n) is 5.38. The van der Waals surface area contributed by atoms with E-state index in [4.69, 9.17) is 4.74 Å². The van der Waals surface area contributed by atoms with Crippen LogP contribution >= 0.6 is 11.8 Å². The SMILES string of the molecule is CCCCCCOc1ccc(C=NN=C2NC(=O)[C@@H](C)S2)cc1. The van der Waals surface area contributed by atoms with E-state index in [0.717, 1.165) is 24.3 Å². The Morgan fingerprint density at radius 3 is 2.70 bits per heavy atom. The summed E-state index contributed by atoms with van der Waals surface area (Å²) in [7, 11) is 0. The summed E-state index contributed by atoms with van der Waals surface area (Å²) in [6, 6.07) is 7.74. The van der Waals surface area contributed by atoms with Gasteiger partial charge in [-0.3, -0.25) is 4.79 Å². The fourth-order valence-electron chi connectivity index (χ4n) is 2.02. The minimum absolute atomic E-state index is 0.0237. The summed E-state index contributed by atoms with van der Waals surface area (Å²) in [6.07, 6.45) is 6.47. The summed E-state index contributed by atoms with van der Waals surface area (Å²) in [5.41, 5.74) is 0.940. The summed E-state index contributed by atoms with van der Waals surface area (Å²) < 4.78 is 5.69. The number of unbranched alkanes of at least 4 members (excludes halogenated alkanes) is 3. The number of carbonyl (C=O) groups excluding carboxylic acids is 1. The summed E-state index contributed by atoms with van der Waals surface area (Å²) in [6.45, 7) is 4.80. The molecular weight excluding hydrogens is 310 g/mol. The predicted octanol–water partition coefficient (Wildman–Crippen LogP) is 3.59. The van der Waals surface area contributed by atoms with Crippen molar-refractivity contribution in [2.24, 2.45) is 10.2 Å². The lowest BCUT2D eigenvalue weighted by Crippen LogP contribution is -2.23. The fourth-order valence-corrected chi connectivity index (χ4v) is 2.78. The molecule has 1 aromatic rings. The second kappa shape index (κ2) is 9.35. The Bertz CT molecular complexity index is 570. The van der Waals surface area contributed by atoms with E-state index in [1.807, 2.05) is 31.2 Å². The lowest BCUT2D eigenvalue weighted by molar-refractivity contribution is -0.118. The van der Waals surface area contributed by atoms with E-state index in [0.29, 0.717) is 5.17 Å². The first-order chi connectivity index (χ1) is 11.2. The number of nitrogens with one attached hydrogen (secondary N) is 1. The molecule has 5 nitrogen and oxygen atoms in total. The van der Waals surface area contributed by atoms with Crippen LogP contribution in [0.3, 0.4) is 0 Å². The number of ether oxygens (including phenoxy) is 1. The van der Waals surface area contributed by atoms with Crippen LogP contribution in [0.1, 0.15) is 45.1 Å². The highest BCUT2D eigenvalue weighted by Gasteiger charge is 2.25. The van der Waals surface area contributed by atoms with Crippen LogP contribution < -0.4 is 10.1 Å². The van der Waals surface area contributed by atoms with E-state index in [1.54, 1.807) is 6.21 Å². The van der Waals surface area contributed by atoms with Gasteiger partial charge < -0.3 is 10.1 Å². The van der Waals surface area contributed by atoms with E-state index in [9.17, 15) is 4.79 Å². The van der Waals surface area contributed by atoms with Crippen molar-refractivity contribution < 1.29 is 9.53 Å². The average molecular weight is 333 g/mol. The van der Waals surface area contributed by atoms with Gasteiger partial charge in [-0.05, 0) is 43.2 Å². The van der Waals surface area contributed by atoms with Crippen molar-refractivity contribution in [3.63, 3.8) is 0 Å². The van der Waals surface area contributed by atoms with Gasteiger partial charge in [-0.25, -0.2) is 0 Å². The highest BCUT2D eigenvalue weighted by molar-refractivity contribution is 8.15. The van der Waals surface area contributed by atoms with Gasteiger partial charge in [0.2, 0.25) is 5.91 Å². The van der Waals surface area contributed by atoms with E-state index < -0.39 is 0 Å². The number of carbonyl (C=O) groups is 1. The molecule has 0 radical (unpaired) electrons. The third-order valence-corrected chi connectivity index (χ3v) is 4.36. The van der Waals surface area contributed by atoms with Crippen LogP contribution in [0.25, 0.3) is 0 Å². The van der Waals surface area contributed by atoms with Crippen molar-refractivity contribution >= 4 is 29.1 Å².